The maximum atomic E-state index is 13.3. The number of carbonyl (C=O) groups is 3. The number of nitrogens with one attached hydrogen (secondary N) is 1. The lowest BCUT2D eigenvalue weighted by Crippen LogP contribution is -2.54. The number of aryl methyl sites for hydroxylation is 1. The zero-order valence-corrected chi connectivity index (χ0v) is 20.6. The first kappa shape index (κ1) is 23.3. The number of amides is 4. The summed E-state index contributed by atoms with van der Waals surface area (Å²) in [5, 5.41) is 2.73. The highest BCUT2D eigenvalue weighted by Gasteiger charge is 2.38. The number of hydrogen-bond acceptors (Lipinski definition) is 4. The molecule has 1 saturated heterocycles. The van der Waals surface area contributed by atoms with Gasteiger partial charge in [0, 0.05) is 23.3 Å². The van der Waals surface area contributed by atoms with Gasteiger partial charge in [-0.25, -0.2) is 9.69 Å². The zero-order valence-electron chi connectivity index (χ0n) is 19.1. The standard InChI is InChI=1S/C25H25Cl2N3O3/c1-13-8-21-17(14(2)12-25(3,4)29(21)5)9-15(13)10-18-22(31)28-24(33)30(23(18)32)20-7-6-16(26)11-19(20)27/h6-11,14H,12H2,1-5H3,(H,28,31,33)/b18-10+. The Balaban J connectivity index is 1.78. The smallest absolute Gasteiger partial charge is 0.335 e. The molecule has 4 rings (SSSR count). The van der Waals surface area contributed by atoms with Crippen LogP contribution in [-0.2, 0) is 9.59 Å². The average molecular weight is 486 g/mol. The van der Waals surface area contributed by atoms with Gasteiger partial charge in [-0.1, -0.05) is 30.1 Å². The fourth-order valence-corrected chi connectivity index (χ4v) is 5.08. The molecule has 4 amide bonds. The van der Waals surface area contributed by atoms with Crippen molar-refractivity contribution in [2.24, 2.45) is 0 Å². The summed E-state index contributed by atoms with van der Waals surface area (Å²) in [6, 6.07) is 7.70. The first-order valence-corrected chi connectivity index (χ1v) is 11.4. The Morgan fingerprint density at radius 1 is 1.09 bits per heavy atom. The van der Waals surface area contributed by atoms with Gasteiger partial charge in [0.1, 0.15) is 5.57 Å². The van der Waals surface area contributed by atoms with Crippen LogP contribution in [0.25, 0.3) is 6.08 Å². The van der Waals surface area contributed by atoms with Gasteiger partial charge in [-0.15, -0.1) is 0 Å². The third-order valence-corrected chi connectivity index (χ3v) is 7.11. The summed E-state index contributed by atoms with van der Waals surface area (Å²) in [4.78, 5) is 41.5. The van der Waals surface area contributed by atoms with Crippen molar-refractivity contribution in [2.45, 2.75) is 45.6 Å². The Kier molecular flexibility index (Phi) is 5.79. The molecule has 6 nitrogen and oxygen atoms in total. The van der Waals surface area contributed by atoms with Gasteiger partial charge in [-0.3, -0.25) is 14.9 Å². The van der Waals surface area contributed by atoms with E-state index in [-0.39, 0.29) is 21.8 Å². The van der Waals surface area contributed by atoms with Crippen molar-refractivity contribution in [3.8, 4) is 0 Å². The molecule has 8 heteroatoms. The van der Waals surface area contributed by atoms with Crippen molar-refractivity contribution in [1.29, 1.82) is 0 Å². The number of hydrogen-bond donors (Lipinski definition) is 1. The van der Waals surface area contributed by atoms with Crippen molar-refractivity contribution in [3.63, 3.8) is 0 Å². The molecule has 1 N–H and O–H groups in total. The number of benzene rings is 2. The van der Waals surface area contributed by atoms with E-state index in [1.165, 1.54) is 18.2 Å². The predicted octanol–water partition coefficient (Wildman–Crippen LogP) is 5.69. The van der Waals surface area contributed by atoms with Crippen molar-refractivity contribution in [2.75, 3.05) is 16.8 Å². The molecule has 1 unspecified atom stereocenters. The van der Waals surface area contributed by atoms with E-state index in [1.54, 1.807) is 6.08 Å². The number of imide groups is 2. The van der Waals surface area contributed by atoms with Crippen LogP contribution in [-0.4, -0.2) is 30.4 Å². The molecule has 2 aliphatic heterocycles. The molecule has 0 aromatic heterocycles. The lowest BCUT2D eigenvalue weighted by molar-refractivity contribution is -0.122. The van der Waals surface area contributed by atoms with Crippen molar-refractivity contribution in [3.05, 3.63) is 62.6 Å². The lowest BCUT2D eigenvalue weighted by atomic mass is 9.79. The SMILES string of the molecule is Cc1cc2c(cc1/C=C1\C(=O)NC(=O)N(c3ccc(Cl)cc3Cl)C1=O)C(C)CC(C)(C)N2C. The van der Waals surface area contributed by atoms with Crippen LogP contribution in [0, 0.1) is 6.92 Å². The summed E-state index contributed by atoms with van der Waals surface area (Å²) >= 11 is 12.2. The molecule has 2 aromatic carbocycles. The van der Waals surface area contributed by atoms with E-state index in [9.17, 15) is 14.4 Å². The van der Waals surface area contributed by atoms with E-state index in [1.807, 2.05) is 13.0 Å². The highest BCUT2D eigenvalue weighted by Crippen LogP contribution is 2.43. The molecule has 0 radical (unpaired) electrons. The third kappa shape index (κ3) is 4.02. The second kappa shape index (κ2) is 8.19. The van der Waals surface area contributed by atoms with Crippen molar-refractivity contribution >= 4 is 58.5 Å². The molecule has 0 saturated carbocycles. The summed E-state index contributed by atoms with van der Waals surface area (Å²) < 4.78 is 0. The second-order valence-corrected chi connectivity index (χ2v) is 10.1. The number of anilines is 2. The maximum absolute atomic E-state index is 13.3. The number of nitrogens with zero attached hydrogens (tertiary/aromatic N) is 2. The normalized spacial score (nSPS) is 21.4. The van der Waals surface area contributed by atoms with E-state index in [0.29, 0.717) is 10.9 Å². The predicted molar refractivity (Wildman–Crippen MR) is 132 cm³/mol. The Hall–Kier alpha value is -2.83. The van der Waals surface area contributed by atoms with Gasteiger partial charge < -0.3 is 4.90 Å². The number of barbiturate groups is 1. The summed E-state index contributed by atoms with van der Waals surface area (Å²) in [6.45, 7) is 8.56. The molecule has 1 atom stereocenters. The van der Waals surface area contributed by atoms with Gasteiger partial charge in [0.2, 0.25) is 0 Å². The lowest BCUT2D eigenvalue weighted by Gasteiger charge is -2.45. The molecule has 0 spiro atoms. The first-order chi connectivity index (χ1) is 15.4. The molecule has 33 heavy (non-hydrogen) atoms. The Labute approximate surface area is 203 Å². The molecular formula is C25H25Cl2N3O3. The third-order valence-electron chi connectivity index (χ3n) is 6.57. The summed E-state index contributed by atoms with van der Waals surface area (Å²) in [6.07, 6.45) is 2.52. The fraction of sp³-hybridized carbons (Fsp3) is 0.320. The van der Waals surface area contributed by atoms with Crippen LogP contribution in [0.4, 0.5) is 16.2 Å². The highest BCUT2D eigenvalue weighted by atomic mass is 35.5. The van der Waals surface area contributed by atoms with Gasteiger partial charge in [-0.2, -0.15) is 0 Å². The van der Waals surface area contributed by atoms with E-state index in [4.69, 9.17) is 23.2 Å². The molecule has 172 valence electrons. The van der Waals surface area contributed by atoms with Crippen LogP contribution in [0.3, 0.4) is 0 Å². The first-order valence-electron chi connectivity index (χ1n) is 10.7. The van der Waals surface area contributed by atoms with Crippen LogP contribution < -0.4 is 15.1 Å². The van der Waals surface area contributed by atoms with E-state index < -0.39 is 17.8 Å². The number of rotatable bonds is 2. The van der Waals surface area contributed by atoms with Crippen LogP contribution in [0.15, 0.2) is 35.9 Å². The van der Waals surface area contributed by atoms with E-state index in [2.05, 4.69) is 44.1 Å². The van der Waals surface area contributed by atoms with Gasteiger partial charge in [0.25, 0.3) is 11.8 Å². The van der Waals surface area contributed by atoms with Gasteiger partial charge >= 0.3 is 6.03 Å². The van der Waals surface area contributed by atoms with Crippen molar-refractivity contribution in [1.82, 2.24) is 5.32 Å². The minimum absolute atomic E-state index is 0.0246. The van der Waals surface area contributed by atoms with Crippen molar-refractivity contribution < 1.29 is 14.4 Å². The van der Waals surface area contributed by atoms with Gasteiger partial charge in [-0.05, 0) is 86.2 Å². The average Bonchev–Trinajstić information content (AvgIpc) is 2.71. The molecular weight excluding hydrogens is 461 g/mol. The van der Waals surface area contributed by atoms with Crippen LogP contribution in [0.1, 0.15) is 49.8 Å². The second-order valence-electron chi connectivity index (χ2n) is 9.30. The summed E-state index contributed by atoms with van der Waals surface area (Å²) in [5.74, 6) is -1.17. The maximum Gasteiger partial charge on any atom is 0.335 e. The fourth-order valence-electron chi connectivity index (χ4n) is 4.58. The minimum Gasteiger partial charge on any atom is -0.369 e. The van der Waals surface area contributed by atoms with Gasteiger partial charge in [0.15, 0.2) is 0 Å². The van der Waals surface area contributed by atoms with Gasteiger partial charge in [0.05, 0.1) is 10.7 Å². The molecule has 0 aliphatic carbocycles. The van der Waals surface area contributed by atoms with Crippen LogP contribution in [0.5, 0.6) is 0 Å². The number of halogens is 2. The highest BCUT2D eigenvalue weighted by molar-refractivity contribution is 6.42. The zero-order chi connectivity index (χ0) is 24.2. The molecule has 2 aliphatic rings. The Morgan fingerprint density at radius 2 is 1.79 bits per heavy atom. The number of carbonyl (C=O) groups excluding carboxylic acids is 3. The molecule has 2 aromatic rings. The largest absolute Gasteiger partial charge is 0.369 e. The molecule has 1 fully saturated rings. The summed E-state index contributed by atoms with van der Waals surface area (Å²) in [5.41, 5.74) is 4.02. The van der Waals surface area contributed by atoms with E-state index in [0.717, 1.165) is 33.7 Å². The minimum atomic E-state index is -0.856. The number of fused-ring (bicyclic) bond motifs is 1. The van der Waals surface area contributed by atoms with Crippen LogP contribution in [0.2, 0.25) is 10.0 Å². The molecule has 0 bridgehead atoms. The topological polar surface area (TPSA) is 69.7 Å². The Bertz CT molecular complexity index is 1240. The quantitative estimate of drug-likeness (QED) is 0.438. The number of urea groups is 1. The Morgan fingerprint density at radius 3 is 2.45 bits per heavy atom. The van der Waals surface area contributed by atoms with Crippen LogP contribution >= 0.6 is 23.2 Å². The summed E-state index contributed by atoms with van der Waals surface area (Å²) in [7, 11) is 2.08. The van der Waals surface area contributed by atoms with E-state index >= 15 is 0 Å². The molecule has 2 heterocycles. The monoisotopic (exact) mass is 485 g/mol.